The van der Waals surface area contributed by atoms with Gasteiger partial charge in [-0.15, -0.1) is 0 Å². The molecule has 2 atom stereocenters. The minimum atomic E-state index is -0.788. The Labute approximate surface area is 108 Å². The standard InChI is InChI=1S/C15H21NO2/c1-3-11(2)16-15(14(17)18)9-8-12-6-4-5-7-13(12)10-15/h4-7,11,16H,3,8-10H2,1-2H3,(H,17,18). The van der Waals surface area contributed by atoms with Gasteiger partial charge in [0.2, 0.25) is 0 Å². The number of rotatable bonds is 4. The minimum absolute atomic E-state index is 0.228. The van der Waals surface area contributed by atoms with Gasteiger partial charge < -0.3 is 5.11 Å². The van der Waals surface area contributed by atoms with Crippen LogP contribution in [0, 0.1) is 0 Å². The van der Waals surface area contributed by atoms with Crippen molar-refractivity contribution < 1.29 is 9.90 Å². The van der Waals surface area contributed by atoms with Crippen molar-refractivity contribution in [2.24, 2.45) is 0 Å². The molecule has 1 aliphatic rings. The van der Waals surface area contributed by atoms with Crippen molar-refractivity contribution in [3.05, 3.63) is 35.4 Å². The summed E-state index contributed by atoms with van der Waals surface area (Å²) >= 11 is 0. The van der Waals surface area contributed by atoms with Crippen LogP contribution in [0.25, 0.3) is 0 Å². The number of carbonyl (C=O) groups is 1. The SMILES string of the molecule is CCC(C)NC1(C(=O)O)CCc2ccccc2C1. The van der Waals surface area contributed by atoms with Gasteiger partial charge in [-0.2, -0.15) is 0 Å². The Morgan fingerprint density at radius 2 is 2.11 bits per heavy atom. The quantitative estimate of drug-likeness (QED) is 0.859. The molecule has 1 aliphatic carbocycles. The molecule has 0 bridgehead atoms. The van der Waals surface area contributed by atoms with Crippen molar-refractivity contribution in [3.8, 4) is 0 Å². The van der Waals surface area contributed by atoms with Gasteiger partial charge in [-0.1, -0.05) is 31.2 Å². The Morgan fingerprint density at radius 1 is 1.44 bits per heavy atom. The molecule has 0 fully saturated rings. The third-order valence-electron chi connectivity index (χ3n) is 3.98. The number of benzene rings is 1. The van der Waals surface area contributed by atoms with E-state index in [0.717, 1.165) is 12.8 Å². The van der Waals surface area contributed by atoms with Gasteiger partial charge in [-0.3, -0.25) is 10.1 Å². The largest absolute Gasteiger partial charge is 0.480 e. The van der Waals surface area contributed by atoms with Gasteiger partial charge >= 0.3 is 5.97 Å². The first-order valence-corrected chi connectivity index (χ1v) is 6.65. The van der Waals surface area contributed by atoms with E-state index in [-0.39, 0.29) is 6.04 Å². The highest BCUT2D eigenvalue weighted by Gasteiger charge is 2.41. The van der Waals surface area contributed by atoms with E-state index in [2.05, 4.69) is 18.3 Å². The van der Waals surface area contributed by atoms with E-state index in [1.165, 1.54) is 11.1 Å². The van der Waals surface area contributed by atoms with Crippen LogP contribution in [0.15, 0.2) is 24.3 Å². The van der Waals surface area contributed by atoms with Crippen molar-refractivity contribution in [1.82, 2.24) is 5.32 Å². The van der Waals surface area contributed by atoms with Crippen LogP contribution in [-0.2, 0) is 17.6 Å². The van der Waals surface area contributed by atoms with Gasteiger partial charge in [-0.25, -0.2) is 0 Å². The molecule has 3 heteroatoms. The lowest BCUT2D eigenvalue weighted by Crippen LogP contribution is -2.58. The predicted octanol–water partition coefficient (Wildman–Crippen LogP) is 2.39. The van der Waals surface area contributed by atoms with Gasteiger partial charge in [0.05, 0.1) is 0 Å². The first kappa shape index (κ1) is 13.1. The zero-order valence-corrected chi connectivity index (χ0v) is 11.1. The van der Waals surface area contributed by atoms with Crippen LogP contribution in [-0.4, -0.2) is 22.7 Å². The Kier molecular flexibility index (Phi) is 3.71. The Hall–Kier alpha value is -1.35. The number of hydrogen-bond donors (Lipinski definition) is 2. The molecule has 0 aromatic heterocycles. The maximum absolute atomic E-state index is 11.7. The number of carboxylic acids is 1. The summed E-state index contributed by atoms with van der Waals surface area (Å²) in [5.41, 5.74) is 1.67. The first-order valence-electron chi connectivity index (χ1n) is 6.65. The maximum atomic E-state index is 11.7. The summed E-state index contributed by atoms with van der Waals surface area (Å²) in [4.78, 5) is 11.7. The summed E-state index contributed by atoms with van der Waals surface area (Å²) in [6.45, 7) is 4.12. The van der Waals surface area contributed by atoms with E-state index in [1.54, 1.807) is 0 Å². The fraction of sp³-hybridized carbons (Fsp3) is 0.533. The van der Waals surface area contributed by atoms with E-state index in [9.17, 15) is 9.90 Å². The lowest BCUT2D eigenvalue weighted by Gasteiger charge is -2.37. The molecule has 2 rings (SSSR count). The van der Waals surface area contributed by atoms with Crippen LogP contribution in [0.3, 0.4) is 0 Å². The Morgan fingerprint density at radius 3 is 2.72 bits per heavy atom. The second-order valence-electron chi connectivity index (χ2n) is 5.29. The zero-order valence-electron chi connectivity index (χ0n) is 11.1. The third kappa shape index (κ3) is 2.41. The molecule has 0 saturated heterocycles. The number of aliphatic carboxylic acids is 1. The van der Waals surface area contributed by atoms with Crippen LogP contribution in [0.5, 0.6) is 0 Å². The van der Waals surface area contributed by atoms with Crippen molar-refractivity contribution in [1.29, 1.82) is 0 Å². The van der Waals surface area contributed by atoms with E-state index in [1.807, 2.05) is 25.1 Å². The summed E-state index contributed by atoms with van der Waals surface area (Å²) in [5.74, 6) is -0.725. The molecule has 0 heterocycles. The Bertz CT molecular complexity index is 444. The Balaban J connectivity index is 2.27. The topological polar surface area (TPSA) is 49.3 Å². The molecule has 0 aliphatic heterocycles. The van der Waals surface area contributed by atoms with Crippen molar-refractivity contribution in [2.45, 2.75) is 51.1 Å². The summed E-state index contributed by atoms with van der Waals surface area (Å²) in [6, 6.07) is 8.38. The summed E-state index contributed by atoms with van der Waals surface area (Å²) in [7, 11) is 0. The van der Waals surface area contributed by atoms with Gasteiger partial charge in [0.15, 0.2) is 0 Å². The van der Waals surface area contributed by atoms with E-state index in [0.29, 0.717) is 12.8 Å². The molecule has 1 aromatic carbocycles. The maximum Gasteiger partial charge on any atom is 0.324 e. The second kappa shape index (κ2) is 5.11. The van der Waals surface area contributed by atoms with Crippen LogP contribution >= 0.6 is 0 Å². The fourth-order valence-corrected chi connectivity index (χ4v) is 2.68. The molecule has 2 unspecified atom stereocenters. The monoisotopic (exact) mass is 247 g/mol. The fourth-order valence-electron chi connectivity index (χ4n) is 2.68. The molecule has 2 N–H and O–H groups in total. The van der Waals surface area contributed by atoms with E-state index < -0.39 is 11.5 Å². The highest BCUT2D eigenvalue weighted by Crippen LogP contribution is 2.29. The number of aryl methyl sites for hydroxylation is 1. The number of carboxylic acid groups (broad SMARTS) is 1. The number of nitrogens with one attached hydrogen (secondary N) is 1. The van der Waals surface area contributed by atoms with Crippen LogP contribution in [0.2, 0.25) is 0 Å². The smallest absolute Gasteiger partial charge is 0.324 e. The molecule has 18 heavy (non-hydrogen) atoms. The van der Waals surface area contributed by atoms with Gasteiger partial charge in [-0.05, 0) is 37.3 Å². The van der Waals surface area contributed by atoms with Gasteiger partial charge in [0, 0.05) is 12.5 Å². The predicted molar refractivity (Wildman–Crippen MR) is 71.7 cm³/mol. The van der Waals surface area contributed by atoms with Crippen molar-refractivity contribution >= 4 is 5.97 Å². The average molecular weight is 247 g/mol. The molecule has 0 amide bonds. The zero-order chi connectivity index (χ0) is 13.2. The first-order chi connectivity index (χ1) is 8.57. The molecular weight excluding hydrogens is 226 g/mol. The number of hydrogen-bond acceptors (Lipinski definition) is 2. The van der Waals surface area contributed by atoms with Crippen LogP contribution in [0.1, 0.15) is 37.8 Å². The lowest BCUT2D eigenvalue weighted by atomic mass is 9.77. The minimum Gasteiger partial charge on any atom is -0.480 e. The van der Waals surface area contributed by atoms with Crippen LogP contribution < -0.4 is 5.32 Å². The van der Waals surface area contributed by atoms with E-state index in [4.69, 9.17) is 0 Å². The van der Waals surface area contributed by atoms with Crippen LogP contribution in [0.4, 0.5) is 0 Å². The molecular formula is C15H21NO2. The summed E-state index contributed by atoms with van der Waals surface area (Å²) in [6.07, 6.45) is 3.04. The summed E-state index contributed by atoms with van der Waals surface area (Å²) < 4.78 is 0. The molecule has 0 spiro atoms. The highest BCUT2D eigenvalue weighted by atomic mass is 16.4. The molecule has 98 valence electrons. The molecule has 1 aromatic rings. The number of fused-ring (bicyclic) bond motifs is 1. The normalized spacial score (nSPS) is 24.3. The van der Waals surface area contributed by atoms with Gasteiger partial charge in [0.1, 0.15) is 5.54 Å². The second-order valence-corrected chi connectivity index (χ2v) is 5.29. The van der Waals surface area contributed by atoms with Crippen molar-refractivity contribution in [2.75, 3.05) is 0 Å². The highest BCUT2D eigenvalue weighted by molar-refractivity contribution is 5.80. The summed E-state index contributed by atoms with van der Waals surface area (Å²) in [5, 5.41) is 12.9. The lowest BCUT2D eigenvalue weighted by molar-refractivity contribution is -0.145. The van der Waals surface area contributed by atoms with Gasteiger partial charge in [0.25, 0.3) is 0 Å². The van der Waals surface area contributed by atoms with Crippen molar-refractivity contribution in [3.63, 3.8) is 0 Å². The molecule has 0 radical (unpaired) electrons. The molecule has 0 saturated carbocycles. The molecule has 3 nitrogen and oxygen atoms in total. The third-order valence-corrected chi connectivity index (χ3v) is 3.98. The van der Waals surface area contributed by atoms with E-state index >= 15 is 0 Å². The average Bonchev–Trinajstić information content (AvgIpc) is 2.38.